The summed E-state index contributed by atoms with van der Waals surface area (Å²) in [6.07, 6.45) is 0. The summed E-state index contributed by atoms with van der Waals surface area (Å²) in [5, 5.41) is 14.0. The molecule has 10 heteroatoms. The Hall–Kier alpha value is -3.89. The van der Waals surface area contributed by atoms with E-state index in [9.17, 15) is 9.59 Å². The van der Waals surface area contributed by atoms with Crippen LogP contribution in [0.2, 0.25) is 0 Å². The molecule has 2 N–H and O–H groups in total. The van der Waals surface area contributed by atoms with E-state index in [0.29, 0.717) is 32.2 Å². The van der Waals surface area contributed by atoms with Crippen LogP contribution < -0.4 is 20.1 Å². The third-order valence-electron chi connectivity index (χ3n) is 4.88. The van der Waals surface area contributed by atoms with Crippen LogP contribution >= 0.6 is 23.1 Å². The molecule has 0 aliphatic heterocycles. The van der Waals surface area contributed by atoms with Crippen molar-refractivity contribution in [1.29, 1.82) is 0 Å². The Bertz CT molecular complexity index is 1310. The number of thioether (sulfide) groups is 1. The fraction of sp³-hybridized carbons (Fsp3) is 0.120. The predicted octanol–water partition coefficient (Wildman–Crippen LogP) is 5.21. The minimum absolute atomic E-state index is 0.137. The third-order valence-corrected chi connectivity index (χ3v) is 6.85. The molecule has 4 rings (SSSR count). The van der Waals surface area contributed by atoms with Gasteiger partial charge >= 0.3 is 0 Å². The summed E-state index contributed by atoms with van der Waals surface area (Å²) < 4.78 is 11.0. The van der Waals surface area contributed by atoms with E-state index in [1.165, 1.54) is 30.2 Å². The quantitative estimate of drug-likeness (QED) is 0.237. The molecular weight excluding hydrogens is 484 g/mol. The Morgan fingerprint density at radius 1 is 0.857 bits per heavy atom. The highest BCUT2D eigenvalue weighted by Crippen LogP contribution is 2.30. The summed E-state index contributed by atoms with van der Waals surface area (Å²) in [4.78, 5) is 24.9. The van der Waals surface area contributed by atoms with E-state index in [0.717, 1.165) is 11.1 Å². The number of nitrogens with zero attached hydrogens (tertiary/aromatic N) is 2. The number of hydrogen-bond donors (Lipinski definition) is 2. The smallest absolute Gasteiger partial charge is 0.257 e. The van der Waals surface area contributed by atoms with Gasteiger partial charge in [-0.15, -0.1) is 10.2 Å². The maximum atomic E-state index is 12.6. The Kier molecular flexibility index (Phi) is 7.96. The highest BCUT2D eigenvalue weighted by atomic mass is 32.2. The van der Waals surface area contributed by atoms with E-state index in [2.05, 4.69) is 20.8 Å². The van der Waals surface area contributed by atoms with Crippen molar-refractivity contribution in [3.8, 4) is 22.6 Å². The van der Waals surface area contributed by atoms with Gasteiger partial charge in [0.25, 0.3) is 5.91 Å². The van der Waals surface area contributed by atoms with Gasteiger partial charge < -0.3 is 14.8 Å². The fourth-order valence-corrected chi connectivity index (χ4v) is 4.72. The summed E-state index contributed by atoms with van der Waals surface area (Å²) in [5.74, 6) is 0.760. The topological polar surface area (TPSA) is 102 Å². The molecule has 1 aromatic heterocycles. The van der Waals surface area contributed by atoms with Crippen molar-refractivity contribution >= 4 is 45.7 Å². The fourth-order valence-electron chi connectivity index (χ4n) is 3.17. The molecule has 0 saturated carbocycles. The predicted molar refractivity (Wildman–Crippen MR) is 139 cm³/mol. The standard InChI is InChI=1S/C25H22N4O4S2/c1-32-20-13-12-19(14-21(20)33-2)26-22(30)15-34-25-29-28-24(35-25)27-23(31)18-10-8-17(9-11-18)16-6-4-3-5-7-16/h3-14H,15H2,1-2H3,(H,26,30)(H,27,28,31). The van der Waals surface area contributed by atoms with Crippen LogP contribution in [-0.2, 0) is 4.79 Å². The lowest BCUT2D eigenvalue weighted by Gasteiger charge is -2.10. The van der Waals surface area contributed by atoms with Crippen LogP contribution in [0.15, 0.2) is 77.1 Å². The maximum Gasteiger partial charge on any atom is 0.257 e. The molecule has 1 heterocycles. The minimum Gasteiger partial charge on any atom is -0.493 e. The number of carbonyl (C=O) groups excluding carboxylic acids is 2. The summed E-state index contributed by atoms with van der Waals surface area (Å²) in [5.41, 5.74) is 3.23. The molecule has 0 spiro atoms. The molecule has 0 radical (unpaired) electrons. The van der Waals surface area contributed by atoms with E-state index in [1.54, 1.807) is 37.4 Å². The van der Waals surface area contributed by atoms with Crippen LogP contribution in [-0.4, -0.2) is 42.0 Å². The Balaban J connectivity index is 1.29. The monoisotopic (exact) mass is 506 g/mol. The molecule has 0 fully saturated rings. The van der Waals surface area contributed by atoms with Crippen molar-refractivity contribution in [2.24, 2.45) is 0 Å². The lowest BCUT2D eigenvalue weighted by molar-refractivity contribution is -0.113. The van der Waals surface area contributed by atoms with Gasteiger partial charge in [-0.25, -0.2) is 0 Å². The summed E-state index contributed by atoms with van der Waals surface area (Å²) in [6, 6.07) is 22.4. The molecule has 0 bridgehead atoms. The first-order valence-corrected chi connectivity index (χ1v) is 12.3. The molecule has 4 aromatic rings. The summed E-state index contributed by atoms with van der Waals surface area (Å²) >= 11 is 2.44. The number of hydrogen-bond acceptors (Lipinski definition) is 8. The van der Waals surface area contributed by atoms with Gasteiger partial charge in [-0.3, -0.25) is 14.9 Å². The van der Waals surface area contributed by atoms with E-state index >= 15 is 0 Å². The minimum atomic E-state index is -0.275. The van der Waals surface area contributed by atoms with E-state index < -0.39 is 0 Å². The van der Waals surface area contributed by atoms with Crippen LogP contribution in [0.3, 0.4) is 0 Å². The van der Waals surface area contributed by atoms with Gasteiger partial charge in [-0.2, -0.15) is 0 Å². The van der Waals surface area contributed by atoms with E-state index in [-0.39, 0.29) is 17.6 Å². The molecule has 0 aliphatic carbocycles. The number of carbonyl (C=O) groups is 2. The van der Waals surface area contributed by atoms with Crippen molar-refractivity contribution in [2.45, 2.75) is 4.34 Å². The van der Waals surface area contributed by atoms with Gasteiger partial charge in [0, 0.05) is 17.3 Å². The average molecular weight is 507 g/mol. The number of methoxy groups -OCH3 is 2. The highest BCUT2D eigenvalue weighted by Gasteiger charge is 2.13. The second-order valence-electron chi connectivity index (χ2n) is 7.18. The molecule has 0 saturated heterocycles. The average Bonchev–Trinajstić information content (AvgIpc) is 3.35. The van der Waals surface area contributed by atoms with E-state index in [1.807, 2.05) is 42.5 Å². The molecule has 0 atom stereocenters. The van der Waals surface area contributed by atoms with Gasteiger partial charge in [0.05, 0.1) is 20.0 Å². The second-order valence-corrected chi connectivity index (χ2v) is 9.38. The van der Waals surface area contributed by atoms with Gasteiger partial charge in [-0.1, -0.05) is 65.6 Å². The SMILES string of the molecule is COc1ccc(NC(=O)CSc2nnc(NC(=O)c3ccc(-c4ccccc4)cc3)s2)cc1OC. The highest BCUT2D eigenvalue weighted by molar-refractivity contribution is 8.01. The molecular formula is C25H22N4O4S2. The van der Waals surface area contributed by atoms with Crippen LogP contribution in [0.5, 0.6) is 11.5 Å². The number of ether oxygens (including phenoxy) is 2. The second kappa shape index (κ2) is 11.5. The van der Waals surface area contributed by atoms with Gasteiger partial charge in [0.2, 0.25) is 11.0 Å². The first-order valence-electron chi connectivity index (χ1n) is 10.5. The number of anilines is 2. The van der Waals surface area contributed by atoms with Crippen LogP contribution in [0.25, 0.3) is 11.1 Å². The number of aromatic nitrogens is 2. The molecule has 2 amide bonds. The van der Waals surface area contributed by atoms with Crippen molar-refractivity contribution < 1.29 is 19.1 Å². The molecule has 0 unspecified atom stereocenters. The zero-order valence-electron chi connectivity index (χ0n) is 19.0. The Labute approximate surface area is 210 Å². The number of benzene rings is 3. The number of amides is 2. The van der Waals surface area contributed by atoms with Crippen molar-refractivity contribution in [3.05, 3.63) is 78.4 Å². The number of nitrogens with one attached hydrogen (secondary N) is 2. The van der Waals surface area contributed by atoms with Crippen LogP contribution in [0, 0.1) is 0 Å². The van der Waals surface area contributed by atoms with Crippen molar-refractivity contribution in [2.75, 3.05) is 30.6 Å². The zero-order chi connectivity index (χ0) is 24.6. The van der Waals surface area contributed by atoms with Gasteiger partial charge in [0.1, 0.15) is 0 Å². The largest absolute Gasteiger partial charge is 0.493 e. The van der Waals surface area contributed by atoms with Crippen LogP contribution in [0.1, 0.15) is 10.4 Å². The van der Waals surface area contributed by atoms with Gasteiger partial charge in [-0.05, 0) is 35.4 Å². The van der Waals surface area contributed by atoms with Gasteiger partial charge in [0.15, 0.2) is 15.8 Å². The lowest BCUT2D eigenvalue weighted by Crippen LogP contribution is -2.14. The zero-order valence-corrected chi connectivity index (χ0v) is 20.6. The molecule has 178 valence electrons. The molecule has 35 heavy (non-hydrogen) atoms. The van der Waals surface area contributed by atoms with Crippen LogP contribution in [0.4, 0.5) is 10.8 Å². The molecule has 8 nitrogen and oxygen atoms in total. The first kappa shape index (κ1) is 24.2. The Morgan fingerprint density at radius 2 is 1.57 bits per heavy atom. The Morgan fingerprint density at radius 3 is 2.29 bits per heavy atom. The third kappa shape index (κ3) is 6.37. The summed E-state index contributed by atoms with van der Waals surface area (Å²) in [7, 11) is 3.08. The van der Waals surface area contributed by atoms with Crippen molar-refractivity contribution in [1.82, 2.24) is 10.2 Å². The maximum absolute atomic E-state index is 12.6. The summed E-state index contributed by atoms with van der Waals surface area (Å²) in [6.45, 7) is 0. The van der Waals surface area contributed by atoms with Crippen molar-refractivity contribution in [3.63, 3.8) is 0 Å². The normalized spacial score (nSPS) is 10.5. The first-order chi connectivity index (χ1) is 17.1. The lowest BCUT2D eigenvalue weighted by atomic mass is 10.0. The molecule has 3 aromatic carbocycles. The molecule has 0 aliphatic rings. The van der Waals surface area contributed by atoms with E-state index in [4.69, 9.17) is 9.47 Å². The number of rotatable bonds is 9.